The van der Waals surface area contributed by atoms with Crippen LogP contribution in [0.3, 0.4) is 0 Å². The van der Waals surface area contributed by atoms with Crippen LogP contribution in [-0.4, -0.2) is 14.3 Å². The topological polar surface area (TPSA) is 75.3 Å². The molecule has 5 nitrogen and oxygen atoms in total. The first-order chi connectivity index (χ1) is 8.57. The van der Waals surface area contributed by atoms with Crippen LogP contribution in [0.25, 0.3) is 6.08 Å². The van der Waals surface area contributed by atoms with Crippen molar-refractivity contribution in [3.63, 3.8) is 0 Å². The summed E-state index contributed by atoms with van der Waals surface area (Å²) in [6.45, 7) is 0. The molecule has 1 amide bonds. The summed E-state index contributed by atoms with van der Waals surface area (Å²) in [6, 6.07) is 9.05. The van der Waals surface area contributed by atoms with Gasteiger partial charge in [-0.2, -0.15) is 0 Å². The number of hydrogen-bond acceptors (Lipinski definition) is 3. The largest absolute Gasteiger partial charge is 0.277 e. The van der Waals surface area contributed by atoms with Crippen LogP contribution >= 0.6 is 0 Å². The second-order valence-electron chi connectivity index (χ2n) is 4.12. The number of hydrazine groups is 1. The predicted octanol–water partition coefficient (Wildman–Crippen LogP) is 1.02. The van der Waals surface area contributed by atoms with Gasteiger partial charge in [0.1, 0.15) is 0 Å². The molecule has 0 unspecified atom stereocenters. The number of nitrogens with one attached hydrogen (secondary N) is 2. The highest BCUT2D eigenvalue weighted by molar-refractivity contribution is 7.92. The maximum absolute atomic E-state index is 11.5. The molecule has 1 aliphatic carbocycles. The van der Waals surface area contributed by atoms with Crippen molar-refractivity contribution >= 4 is 22.0 Å². The highest BCUT2D eigenvalue weighted by atomic mass is 32.2. The third-order valence-corrected chi connectivity index (χ3v) is 3.38. The summed E-state index contributed by atoms with van der Waals surface area (Å²) in [4.78, 5) is 13.3. The van der Waals surface area contributed by atoms with E-state index in [4.69, 9.17) is 0 Å². The molecule has 6 heteroatoms. The van der Waals surface area contributed by atoms with E-state index in [0.29, 0.717) is 0 Å². The Morgan fingerprint density at radius 3 is 2.50 bits per heavy atom. The van der Waals surface area contributed by atoms with Crippen molar-refractivity contribution in [1.29, 1.82) is 0 Å². The van der Waals surface area contributed by atoms with E-state index in [0.717, 1.165) is 23.8 Å². The van der Waals surface area contributed by atoms with Gasteiger partial charge in [-0.15, -0.1) is 4.83 Å². The van der Waals surface area contributed by atoms with Gasteiger partial charge in [0.2, 0.25) is 5.91 Å². The zero-order chi connectivity index (χ0) is 13.0. The molecule has 2 rings (SSSR count). The lowest BCUT2D eigenvalue weighted by Crippen LogP contribution is -2.41. The smallest absolute Gasteiger partial charge is 0.250 e. The lowest BCUT2D eigenvalue weighted by atomic mass is 10.2. The molecular formula is C12H14N2O3S. The molecule has 2 N–H and O–H groups in total. The van der Waals surface area contributed by atoms with Gasteiger partial charge in [-0.3, -0.25) is 10.2 Å². The molecule has 1 aliphatic rings. The van der Waals surface area contributed by atoms with Crippen LogP contribution in [0.2, 0.25) is 0 Å². The van der Waals surface area contributed by atoms with Gasteiger partial charge in [-0.05, 0) is 24.5 Å². The molecule has 0 saturated heterocycles. The summed E-state index contributed by atoms with van der Waals surface area (Å²) in [6.07, 6.45) is 3.12. The molecule has 0 radical (unpaired) electrons. The van der Waals surface area contributed by atoms with Gasteiger partial charge in [-0.1, -0.05) is 30.3 Å². The van der Waals surface area contributed by atoms with Crippen molar-refractivity contribution in [3.8, 4) is 0 Å². The van der Waals surface area contributed by atoms with Crippen molar-refractivity contribution < 1.29 is 13.2 Å². The monoisotopic (exact) mass is 266 g/mol. The van der Waals surface area contributed by atoms with E-state index >= 15 is 0 Å². The minimum atomic E-state index is -3.64. The molecule has 0 spiro atoms. The quantitative estimate of drug-likeness (QED) is 0.781. The van der Waals surface area contributed by atoms with Gasteiger partial charge >= 0.3 is 0 Å². The standard InChI is InChI=1S/C12H14N2O3S/c15-12(11-6-7-11)13-14-18(16,17)9-8-10-4-2-1-3-5-10/h1-5,8-9,11,14H,6-7H2,(H,13,15)/b9-8+. The predicted molar refractivity (Wildman–Crippen MR) is 68.4 cm³/mol. The molecule has 0 aromatic heterocycles. The van der Waals surface area contributed by atoms with Gasteiger partial charge in [0, 0.05) is 11.3 Å². The van der Waals surface area contributed by atoms with Crippen LogP contribution in [0, 0.1) is 5.92 Å². The fourth-order valence-electron chi connectivity index (χ4n) is 1.34. The summed E-state index contributed by atoms with van der Waals surface area (Å²) in [7, 11) is -3.64. The van der Waals surface area contributed by atoms with Crippen LogP contribution in [0.4, 0.5) is 0 Å². The Balaban J connectivity index is 1.90. The second-order valence-corrected chi connectivity index (χ2v) is 5.69. The van der Waals surface area contributed by atoms with E-state index in [-0.39, 0.29) is 11.8 Å². The van der Waals surface area contributed by atoms with Gasteiger partial charge in [0.05, 0.1) is 0 Å². The van der Waals surface area contributed by atoms with E-state index in [9.17, 15) is 13.2 Å². The first-order valence-electron chi connectivity index (χ1n) is 5.62. The Kier molecular flexibility index (Phi) is 3.78. The van der Waals surface area contributed by atoms with Crippen LogP contribution in [0.1, 0.15) is 18.4 Å². The first-order valence-corrected chi connectivity index (χ1v) is 7.16. The molecule has 0 aliphatic heterocycles. The number of hydrogen-bond donors (Lipinski definition) is 2. The SMILES string of the molecule is O=C(NNS(=O)(=O)/C=C/c1ccccc1)C1CC1. The molecule has 18 heavy (non-hydrogen) atoms. The lowest BCUT2D eigenvalue weighted by molar-refractivity contribution is -0.122. The molecule has 0 atom stereocenters. The van der Waals surface area contributed by atoms with Crippen molar-refractivity contribution in [1.82, 2.24) is 10.3 Å². The zero-order valence-corrected chi connectivity index (χ0v) is 10.5. The van der Waals surface area contributed by atoms with Crippen LogP contribution in [-0.2, 0) is 14.8 Å². The summed E-state index contributed by atoms with van der Waals surface area (Å²) < 4.78 is 23.1. The number of sulfonamides is 1. The van der Waals surface area contributed by atoms with E-state index in [1.165, 1.54) is 6.08 Å². The van der Waals surface area contributed by atoms with Crippen molar-refractivity contribution in [3.05, 3.63) is 41.3 Å². The second kappa shape index (κ2) is 5.32. The first kappa shape index (κ1) is 12.8. The summed E-state index contributed by atoms with van der Waals surface area (Å²) in [5.74, 6) is -0.308. The maximum Gasteiger partial charge on any atom is 0.250 e. The minimum Gasteiger partial charge on any atom is -0.277 e. The van der Waals surface area contributed by atoms with Gasteiger partial charge in [-0.25, -0.2) is 8.42 Å². The van der Waals surface area contributed by atoms with E-state index in [2.05, 4.69) is 5.43 Å². The molecular weight excluding hydrogens is 252 g/mol. The summed E-state index contributed by atoms with van der Waals surface area (Å²) in [5, 5.41) is 1.02. The maximum atomic E-state index is 11.5. The Bertz CT molecular complexity index is 548. The Morgan fingerprint density at radius 1 is 1.22 bits per heavy atom. The number of amides is 1. The Labute approximate surface area is 106 Å². The van der Waals surface area contributed by atoms with E-state index in [1.54, 1.807) is 12.1 Å². The molecule has 0 heterocycles. The molecule has 1 fully saturated rings. The number of carbonyl (C=O) groups is 1. The van der Waals surface area contributed by atoms with Crippen molar-refractivity contribution in [2.24, 2.45) is 5.92 Å². The number of benzene rings is 1. The van der Waals surface area contributed by atoms with E-state index in [1.807, 2.05) is 23.0 Å². The summed E-state index contributed by atoms with van der Waals surface area (Å²) in [5.41, 5.74) is 2.97. The Hall–Kier alpha value is -1.66. The summed E-state index contributed by atoms with van der Waals surface area (Å²) >= 11 is 0. The van der Waals surface area contributed by atoms with Gasteiger partial charge < -0.3 is 0 Å². The molecule has 1 aromatic rings. The molecule has 1 aromatic carbocycles. The third kappa shape index (κ3) is 3.97. The van der Waals surface area contributed by atoms with Crippen LogP contribution < -0.4 is 10.3 Å². The average Bonchev–Trinajstić information content (AvgIpc) is 3.19. The van der Waals surface area contributed by atoms with Gasteiger partial charge in [0.25, 0.3) is 10.0 Å². The third-order valence-electron chi connectivity index (χ3n) is 2.50. The van der Waals surface area contributed by atoms with Gasteiger partial charge in [0.15, 0.2) is 0 Å². The molecule has 0 bridgehead atoms. The number of carbonyl (C=O) groups excluding carboxylic acids is 1. The highest BCUT2D eigenvalue weighted by Crippen LogP contribution is 2.28. The zero-order valence-electron chi connectivity index (χ0n) is 9.67. The van der Waals surface area contributed by atoms with Crippen molar-refractivity contribution in [2.45, 2.75) is 12.8 Å². The molecule has 96 valence electrons. The fourth-order valence-corrected chi connectivity index (χ4v) is 1.98. The molecule has 1 saturated carbocycles. The number of rotatable bonds is 5. The van der Waals surface area contributed by atoms with Crippen LogP contribution in [0.5, 0.6) is 0 Å². The fraction of sp³-hybridized carbons (Fsp3) is 0.250. The van der Waals surface area contributed by atoms with Crippen molar-refractivity contribution in [2.75, 3.05) is 0 Å². The lowest BCUT2D eigenvalue weighted by Gasteiger charge is -2.04. The van der Waals surface area contributed by atoms with Crippen LogP contribution in [0.15, 0.2) is 35.7 Å². The Morgan fingerprint density at radius 2 is 1.89 bits per heavy atom. The van der Waals surface area contributed by atoms with E-state index < -0.39 is 10.0 Å². The highest BCUT2D eigenvalue weighted by Gasteiger charge is 2.29. The average molecular weight is 266 g/mol. The minimum absolute atomic E-state index is 0.0363. The normalized spacial score (nSPS) is 15.8.